The van der Waals surface area contributed by atoms with E-state index in [1.807, 2.05) is 36.1 Å². The predicted octanol–water partition coefficient (Wildman–Crippen LogP) is 2.33. The minimum absolute atomic E-state index is 0. The Labute approximate surface area is 95.0 Å². The zero-order valence-electron chi connectivity index (χ0n) is 7.62. The molecule has 2 aromatic heterocycles. The minimum Gasteiger partial charge on any atom is -0.334 e. The van der Waals surface area contributed by atoms with Crippen molar-refractivity contribution in [2.75, 3.05) is 0 Å². The van der Waals surface area contributed by atoms with E-state index < -0.39 is 0 Å². The van der Waals surface area contributed by atoms with Crippen LogP contribution in [-0.2, 0) is 7.05 Å². The Morgan fingerprint density at radius 2 is 1.93 bits per heavy atom. The molecule has 2 heterocycles. The molecule has 3 nitrogen and oxygen atoms in total. The second kappa shape index (κ2) is 5.62. The van der Waals surface area contributed by atoms with Crippen molar-refractivity contribution in [3.05, 3.63) is 37.1 Å². The first kappa shape index (κ1) is 12.9. The van der Waals surface area contributed by atoms with Crippen LogP contribution < -0.4 is 0 Å². The Hall–Kier alpha value is -1.06. The van der Waals surface area contributed by atoms with E-state index in [4.69, 9.17) is 0 Å². The highest BCUT2D eigenvalue weighted by atomic mass is 35.5. The maximum Gasteiger partial charge on any atom is 0.0948 e. The maximum absolute atomic E-state index is 4.04. The van der Waals surface area contributed by atoms with Crippen LogP contribution in [0.15, 0.2) is 37.1 Å². The molecule has 0 fully saturated rings. The molecule has 0 amide bonds. The summed E-state index contributed by atoms with van der Waals surface area (Å²) in [6.45, 7) is 0. The SMILES string of the molecule is Cl.Cl.Cn1cncc1-c1cccnc1. The third kappa shape index (κ3) is 2.47. The van der Waals surface area contributed by atoms with Crippen LogP contribution >= 0.6 is 24.8 Å². The first-order valence-corrected chi connectivity index (χ1v) is 3.74. The molecule has 0 aliphatic carbocycles. The van der Waals surface area contributed by atoms with Crippen LogP contribution in [0.5, 0.6) is 0 Å². The molecule has 0 aromatic carbocycles. The van der Waals surface area contributed by atoms with E-state index in [0.717, 1.165) is 11.3 Å². The van der Waals surface area contributed by atoms with E-state index in [1.165, 1.54) is 0 Å². The van der Waals surface area contributed by atoms with Crippen LogP contribution in [0, 0.1) is 0 Å². The Balaban J connectivity index is 0.000000845. The summed E-state index contributed by atoms with van der Waals surface area (Å²) < 4.78 is 1.97. The number of pyridine rings is 1. The summed E-state index contributed by atoms with van der Waals surface area (Å²) in [5.41, 5.74) is 2.18. The molecule has 5 heteroatoms. The van der Waals surface area contributed by atoms with Crippen LogP contribution in [0.25, 0.3) is 11.3 Å². The number of hydrogen-bond acceptors (Lipinski definition) is 2. The first-order valence-electron chi connectivity index (χ1n) is 3.74. The lowest BCUT2D eigenvalue weighted by Crippen LogP contribution is -1.88. The molecule has 0 N–H and O–H groups in total. The Bertz CT molecular complexity index is 373. The van der Waals surface area contributed by atoms with E-state index in [0.29, 0.717) is 0 Å². The highest BCUT2D eigenvalue weighted by molar-refractivity contribution is 5.85. The largest absolute Gasteiger partial charge is 0.334 e. The van der Waals surface area contributed by atoms with Crippen molar-refractivity contribution in [3.8, 4) is 11.3 Å². The van der Waals surface area contributed by atoms with Gasteiger partial charge in [-0.15, -0.1) is 24.8 Å². The number of rotatable bonds is 1. The minimum atomic E-state index is 0. The molecular weight excluding hydrogens is 221 g/mol. The fourth-order valence-electron chi connectivity index (χ4n) is 1.15. The third-order valence-corrected chi connectivity index (χ3v) is 1.77. The van der Waals surface area contributed by atoms with Crippen molar-refractivity contribution >= 4 is 24.8 Å². The third-order valence-electron chi connectivity index (χ3n) is 1.77. The summed E-state index contributed by atoms with van der Waals surface area (Å²) in [7, 11) is 1.97. The lowest BCUT2D eigenvalue weighted by atomic mass is 10.2. The average Bonchev–Trinajstić information content (AvgIpc) is 2.53. The van der Waals surface area contributed by atoms with Crippen molar-refractivity contribution < 1.29 is 0 Å². The normalized spacial score (nSPS) is 8.64. The van der Waals surface area contributed by atoms with Gasteiger partial charge in [0.2, 0.25) is 0 Å². The van der Waals surface area contributed by atoms with Crippen molar-refractivity contribution in [1.29, 1.82) is 0 Å². The summed E-state index contributed by atoms with van der Waals surface area (Å²) in [5.74, 6) is 0. The topological polar surface area (TPSA) is 30.7 Å². The van der Waals surface area contributed by atoms with E-state index in [-0.39, 0.29) is 24.8 Å². The summed E-state index contributed by atoms with van der Waals surface area (Å²) >= 11 is 0. The van der Waals surface area contributed by atoms with Crippen molar-refractivity contribution in [2.45, 2.75) is 0 Å². The van der Waals surface area contributed by atoms with E-state index in [2.05, 4.69) is 9.97 Å². The lowest BCUT2D eigenvalue weighted by molar-refractivity contribution is 0.920. The Morgan fingerprint density at radius 3 is 2.43 bits per heavy atom. The summed E-state index contributed by atoms with van der Waals surface area (Å²) in [4.78, 5) is 8.07. The van der Waals surface area contributed by atoms with Crippen LogP contribution in [0.4, 0.5) is 0 Å². The van der Waals surface area contributed by atoms with Crippen LogP contribution in [0.2, 0.25) is 0 Å². The van der Waals surface area contributed by atoms with Crippen LogP contribution in [-0.4, -0.2) is 14.5 Å². The monoisotopic (exact) mass is 231 g/mol. The molecule has 2 aromatic rings. The van der Waals surface area contributed by atoms with Gasteiger partial charge in [0, 0.05) is 25.0 Å². The molecular formula is C9H11Cl2N3. The molecule has 0 unspecified atom stereocenters. The summed E-state index contributed by atoms with van der Waals surface area (Å²) in [6, 6.07) is 3.94. The second-order valence-corrected chi connectivity index (χ2v) is 2.63. The molecule has 0 saturated heterocycles. The van der Waals surface area contributed by atoms with Gasteiger partial charge in [-0.25, -0.2) is 4.98 Å². The molecule has 0 atom stereocenters. The van der Waals surface area contributed by atoms with Crippen LogP contribution in [0.1, 0.15) is 0 Å². The average molecular weight is 232 g/mol. The molecule has 0 spiro atoms. The van der Waals surface area contributed by atoms with Gasteiger partial charge in [0.15, 0.2) is 0 Å². The number of imidazole rings is 1. The first-order chi connectivity index (χ1) is 5.88. The van der Waals surface area contributed by atoms with Gasteiger partial charge in [-0.2, -0.15) is 0 Å². The smallest absolute Gasteiger partial charge is 0.0948 e. The molecule has 76 valence electrons. The standard InChI is InChI=1S/C9H9N3.2ClH/c1-12-7-11-6-9(12)8-3-2-4-10-5-8;;/h2-7H,1H3;2*1H. The quantitative estimate of drug-likeness (QED) is 0.755. The maximum atomic E-state index is 4.04. The fourth-order valence-corrected chi connectivity index (χ4v) is 1.15. The van der Waals surface area contributed by atoms with Crippen molar-refractivity contribution in [2.24, 2.45) is 7.05 Å². The van der Waals surface area contributed by atoms with E-state index in [1.54, 1.807) is 12.5 Å². The number of hydrogen-bond donors (Lipinski definition) is 0. The molecule has 0 saturated carbocycles. The number of nitrogens with zero attached hydrogens (tertiary/aromatic N) is 3. The summed E-state index contributed by atoms with van der Waals surface area (Å²) in [5, 5.41) is 0. The number of aryl methyl sites for hydroxylation is 1. The van der Waals surface area contributed by atoms with Crippen molar-refractivity contribution in [1.82, 2.24) is 14.5 Å². The zero-order valence-corrected chi connectivity index (χ0v) is 9.26. The van der Waals surface area contributed by atoms with Gasteiger partial charge < -0.3 is 4.57 Å². The van der Waals surface area contributed by atoms with Gasteiger partial charge >= 0.3 is 0 Å². The molecule has 0 radical (unpaired) electrons. The van der Waals surface area contributed by atoms with Gasteiger partial charge in [-0.1, -0.05) is 0 Å². The van der Waals surface area contributed by atoms with Gasteiger partial charge in [-0.3, -0.25) is 4.98 Å². The molecule has 14 heavy (non-hydrogen) atoms. The van der Waals surface area contributed by atoms with Gasteiger partial charge in [-0.05, 0) is 12.1 Å². The second-order valence-electron chi connectivity index (χ2n) is 2.63. The van der Waals surface area contributed by atoms with E-state index >= 15 is 0 Å². The van der Waals surface area contributed by atoms with Gasteiger partial charge in [0.1, 0.15) is 0 Å². The highest BCUT2D eigenvalue weighted by Crippen LogP contribution is 2.15. The molecule has 0 bridgehead atoms. The number of aromatic nitrogens is 3. The van der Waals surface area contributed by atoms with Gasteiger partial charge in [0.05, 0.1) is 18.2 Å². The van der Waals surface area contributed by atoms with Gasteiger partial charge in [0.25, 0.3) is 0 Å². The van der Waals surface area contributed by atoms with E-state index in [9.17, 15) is 0 Å². The molecule has 0 aliphatic heterocycles. The zero-order chi connectivity index (χ0) is 8.39. The lowest BCUT2D eigenvalue weighted by Gasteiger charge is -1.99. The molecule has 0 aliphatic rings. The number of halogens is 2. The van der Waals surface area contributed by atoms with Crippen molar-refractivity contribution in [3.63, 3.8) is 0 Å². The molecule has 2 rings (SSSR count). The highest BCUT2D eigenvalue weighted by Gasteiger charge is 1.99. The fraction of sp³-hybridized carbons (Fsp3) is 0.111. The Morgan fingerprint density at radius 1 is 1.14 bits per heavy atom. The predicted molar refractivity (Wildman–Crippen MR) is 60.9 cm³/mol. The Kier molecular flexibility index (Phi) is 5.20. The summed E-state index contributed by atoms with van der Waals surface area (Å²) in [6.07, 6.45) is 7.20. The van der Waals surface area contributed by atoms with Crippen LogP contribution in [0.3, 0.4) is 0 Å².